The monoisotopic (exact) mass is 361 g/mol. The molecular formula is C17H27N7O2. The molecule has 0 unspecified atom stereocenters. The van der Waals surface area contributed by atoms with E-state index >= 15 is 0 Å². The molecule has 0 aliphatic carbocycles. The van der Waals surface area contributed by atoms with Gasteiger partial charge in [-0.3, -0.25) is 4.40 Å². The summed E-state index contributed by atoms with van der Waals surface area (Å²) in [5.41, 5.74) is 0.284. The van der Waals surface area contributed by atoms with Crippen LogP contribution in [0.25, 0.3) is 5.65 Å². The van der Waals surface area contributed by atoms with E-state index in [9.17, 15) is 4.79 Å². The zero-order chi connectivity index (χ0) is 19.0. The van der Waals surface area contributed by atoms with Crippen LogP contribution < -0.4 is 16.0 Å². The highest BCUT2D eigenvalue weighted by Crippen LogP contribution is 2.06. The predicted octanol–water partition coefficient (Wildman–Crippen LogP) is 1.31. The van der Waals surface area contributed by atoms with E-state index in [2.05, 4.69) is 31.1 Å². The normalized spacial score (nSPS) is 12.1. The van der Waals surface area contributed by atoms with Gasteiger partial charge in [-0.05, 0) is 39.8 Å². The number of aliphatic imine (C=N–C) groups is 1. The van der Waals surface area contributed by atoms with Crippen LogP contribution in [0.5, 0.6) is 0 Å². The van der Waals surface area contributed by atoms with Crippen molar-refractivity contribution in [3.05, 3.63) is 30.2 Å². The van der Waals surface area contributed by atoms with Crippen LogP contribution in [0.15, 0.2) is 29.4 Å². The van der Waals surface area contributed by atoms with Gasteiger partial charge in [0.1, 0.15) is 12.1 Å². The molecule has 142 valence electrons. The van der Waals surface area contributed by atoms with Gasteiger partial charge in [-0.25, -0.2) is 9.79 Å². The molecule has 0 spiro atoms. The van der Waals surface area contributed by atoms with Gasteiger partial charge in [-0.2, -0.15) is 0 Å². The number of nitrogens with zero attached hydrogens (tertiary/aromatic N) is 4. The third kappa shape index (κ3) is 6.23. The minimum Gasteiger partial charge on any atom is -0.444 e. The number of fused-ring (bicyclic) bond motifs is 1. The van der Waals surface area contributed by atoms with Crippen molar-refractivity contribution in [2.24, 2.45) is 4.99 Å². The maximum absolute atomic E-state index is 11.6. The summed E-state index contributed by atoms with van der Waals surface area (Å²) < 4.78 is 7.09. The van der Waals surface area contributed by atoms with Crippen LogP contribution >= 0.6 is 0 Å². The predicted molar refractivity (Wildman–Crippen MR) is 100 cm³/mol. The fourth-order valence-electron chi connectivity index (χ4n) is 2.15. The molecule has 0 saturated carbocycles. The maximum atomic E-state index is 11.6. The Balaban J connectivity index is 1.84. The van der Waals surface area contributed by atoms with Crippen LogP contribution in [0.1, 0.15) is 33.5 Å². The van der Waals surface area contributed by atoms with E-state index in [1.807, 2.05) is 56.5 Å². The Morgan fingerprint density at radius 2 is 1.96 bits per heavy atom. The molecule has 0 radical (unpaired) electrons. The molecule has 0 aliphatic heterocycles. The smallest absolute Gasteiger partial charge is 0.407 e. The fraction of sp³-hybridized carbons (Fsp3) is 0.529. The second-order valence-corrected chi connectivity index (χ2v) is 6.60. The van der Waals surface area contributed by atoms with Crippen molar-refractivity contribution < 1.29 is 9.53 Å². The van der Waals surface area contributed by atoms with E-state index in [4.69, 9.17) is 4.74 Å². The van der Waals surface area contributed by atoms with Crippen LogP contribution in [0.2, 0.25) is 0 Å². The lowest BCUT2D eigenvalue weighted by Crippen LogP contribution is -2.42. The number of carbonyl (C=O) groups is 1. The Bertz CT molecular complexity index is 749. The molecule has 0 fully saturated rings. The summed E-state index contributed by atoms with van der Waals surface area (Å²) in [6.07, 6.45) is 1.47. The number of amides is 1. The summed E-state index contributed by atoms with van der Waals surface area (Å²) in [6, 6.07) is 5.74. The Morgan fingerprint density at radius 3 is 2.69 bits per heavy atom. The van der Waals surface area contributed by atoms with Crippen molar-refractivity contribution in [1.29, 1.82) is 0 Å². The van der Waals surface area contributed by atoms with Crippen molar-refractivity contribution in [2.45, 2.75) is 39.8 Å². The molecule has 1 amide bonds. The molecule has 9 nitrogen and oxygen atoms in total. The Hall–Kier alpha value is -2.84. The van der Waals surface area contributed by atoms with Gasteiger partial charge in [0, 0.05) is 25.8 Å². The Morgan fingerprint density at radius 1 is 1.19 bits per heavy atom. The van der Waals surface area contributed by atoms with Crippen LogP contribution in [0.3, 0.4) is 0 Å². The number of hydrogen-bond acceptors (Lipinski definition) is 5. The number of carbonyl (C=O) groups excluding carboxylic acids is 1. The van der Waals surface area contributed by atoms with Crippen molar-refractivity contribution in [3.63, 3.8) is 0 Å². The molecule has 2 rings (SSSR count). The number of nitrogens with one attached hydrogen (secondary N) is 3. The molecule has 0 aromatic carbocycles. The summed E-state index contributed by atoms with van der Waals surface area (Å²) >= 11 is 0. The minimum atomic E-state index is -0.505. The zero-order valence-corrected chi connectivity index (χ0v) is 15.7. The average molecular weight is 361 g/mol. The van der Waals surface area contributed by atoms with Crippen molar-refractivity contribution >= 4 is 17.7 Å². The third-order valence-corrected chi connectivity index (χ3v) is 3.19. The fourth-order valence-corrected chi connectivity index (χ4v) is 2.15. The molecule has 9 heteroatoms. The molecule has 0 saturated heterocycles. The number of hydrogen-bond donors (Lipinski definition) is 3. The van der Waals surface area contributed by atoms with Gasteiger partial charge in [0.25, 0.3) is 0 Å². The highest BCUT2D eigenvalue weighted by atomic mass is 16.6. The molecule has 26 heavy (non-hydrogen) atoms. The van der Waals surface area contributed by atoms with Crippen molar-refractivity contribution in [3.8, 4) is 0 Å². The summed E-state index contributed by atoms with van der Waals surface area (Å²) in [4.78, 5) is 16.1. The van der Waals surface area contributed by atoms with Gasteiger partial charge in [0.15, 0.2) is 17.4 Å². The Kier molecular flexibility index (Phi) is 6.76. The van der Waals surface area contributed by atoms with E-state index in [0.717, 1.165) is 18.0 Å². The average Bonchev–Trinajstić information content (AvgIpc) is 2.98. The van der Waals surface area contributed by atoms with Crippen LogP contribution in [0, 0.1) is 0 Å². The lowest BCUT2D eigenvalue weighted by Gasteiger charge is -2.19. The second-order valence-electron chi connectivity index (χ2n) is 6.60. The lowest BCUT2D eigenvalue weighted by molar-refractivity contribution is 0.0529. The van der Waals surface area contributed by atoms with E-state index in [1.54, 1.807) is 0 Å². The van der Waals surface area contributed by atoms with Gasteiger partial charge >= 0.3 is 6.09 Å². The third-order valence-electron chi connectivity index (χ3n) is 3.19. The summed E-state index contributed by atoms with van der Waals surface area (Å²) in [5.74, 6) is 1.40. The van der Waals surface area contributed by atoms with E-state index in [-0.39, 0.29) is 0 Å². The number of ether oxygens (including phenoxy) is 1. The summed E-state index contributed by atoms with van der Waals surface area (Å²) in [6.45, 7) is 9.53. The van der Waals surface area contributed by atoms with E-state index in [1.165, 1.54) is 0 Å². The second kappa shape index (κ2) is 9.02. The van der Waals surface area contributed by atoms with Crippen LogP contribution in [-0.2, 0) is 11.3 Å². The topological polar surface area (TPSA) is 105 Å². The van der Waals surface area contributed by atoms with Gasteiger partial charge in [0.2, 0.25) is 0 Å². The van der Waals surface area contributed by atoms with Crippen LogP contribution in [0.4, 0.5) is 4.79 Å². The SMILES string of the molecule is CCNC(=NCc1nnc2ccccn12)NCCNC(=O)OC(C)(C)C. The standard InChI is InChI=1S/C17H27N7O2/c1-5-18-15(19-9-10-20-16(25)26-17(2,3)4)21-12-14-23-22-13-8-6-7-11-24(13)14/h6-8,11H,5,9-10,12H2,1-4H3,(H,20,25)(H2,18,19,21). The molecule has 0 atom stereocenters. The van der Waals surface area contributed by atoms with E-state index in [0.29, 0.717) is 25.6 Å². The first-order valence-corrected chi connectivity index (χ1v) is 8.66. The molecule has 2 heterocycles. The largest absolute Gasteiger partial charge is 0.444 e. The van der Waals surface area contributed by atoms with Crippen molar-refractivity contribution in [2.75, 3.05) is 19.6 Å². The zero-order valence-electron chi connectivity index (χ0n) is 15.7. The number of rotatable bonds is 6. The maximum Gasteiger partial charge on any atom is 0.407 e. The molecule has 0 aliphatic rings. The van der Waals surface area contributed by atoms with Gasteiger partial charge in [-0.15, -0.1) is 10.2 Å². The van der Waals surface area contributed by atoms with Gasteiger partial charge in [-0.1, -0.05) is 6.07 Å². The lowest BCUT2D eigenvalue weighted by atomic mass is 10.2. The Labute approximate surface area is 153 Å². The first kappa shape index (κ1) is 19.5. The molecule has 2 aromatic rings. The van der Waals surface area contributed by atoms with Gasteiger partial charge < -0.3 is 20.7 Å². The summed E-state index contributed by atoms with van der Waals surface area (Å²) in [5, 5.41) is 17.3. The quantitative estimate of drug-likeness (QED) is 0.407. The molecule has 3 N–H and O–H groups in total. The molecular weight excluding hydrogens is 334 g/mol. The first-order valence-electron chi connectivity index (χ1n) is 8.66. The molecule has 2 aromatic heterocycles. The van der Waals surface area contributed by atoms with E-state index < -0.39 is 11.7 Å². The highest BCUT2D eigenvalue weighted by Gasteiger charge is 2.15. The number of alkyl carbamates (subject to hydrolysis) is 1. The minimum absolute atomic E-state index is 0.389. The number of pyridine rings is 1. The van der Waals surface area contributed by atoms with Gasteiger partial charge in [0.05, 0.1) is 0 Å². The van der Waals surface area contributed by atoms with Crippen LogP contribution in [-0.4, -0.2) is 51.9 Å². The molecule has 0 bridgehead atoms. The number of aromatic nitrogens is 3. The highest BCUT2D eigenvalue weighted by molar-refractivity contribution is 5.79. The number of guanidine groups is 1. The summed E-state index contributed by atoms with van der Waals surface area (Å²) in [7, 11) is 0. The van der Waals surface area contributed by atoms with Crippen molar-refractivity contribution in [1.82, 2.24) is 30.5 Å². The first-order chi connectivity index (χ1) is 12.4.